The highest BCUT2D eigenvalue weighted by molar-refractivity contribution is 5.13. The normalized spacial score (nSPS) is 35.6. The zero-order valence-corrected chi connectivity index (χ0v) is 8.18. The van der Waals surface area contributed by atoms with Crippen molar-refractivity contribution in [1.29, 1.82) is 0 Å². The van der Waals surface area contributed by atoms with Gasteiger partial charge in [-0.1, -0.05) is 25.0 Å². The minimum absolute atomic E-state index is 0.998. The summed E-state index contributed by atoms with van der Waals surface area (Å²) in [4.78, 5) is 0. The van der Waals surface area contributed by atoms with Gasteiger partial charge in [0.2, 0.25) is 0 Å². The van der Waals surface area contributed by atoms with Gasteiger partial charge in [0.05, 0.1) is 0 Å². The largest absolute Gasteiger partial charge is 0.0850 e. The summed E-state index contributed by atoms with van der Waals surface area (Å²) in [5.41, 5.74) is 1.81. The Morgan fingerprint density at radius 2 is 2.33 bits per heavy atom. The molecule has 2 atom stereocenters. The molecule has 0 aliphatic heterocycles. The molecule has 0 N–H and O–H groups in total. The van der Waals surface area contributed by atoms with Crippen LogP contribution >= 0.6 is 0 Å². The fraction of sp³-hybridized carbons (Fsp3) is 0.833. The quantitative estimate of drug-likeness (QED) is 0.543. The van der Waals surface area contributed by atoms with Crippen molar-refractivity contribution in [3.63, 3.8) is 0 Å². The molecule has 68 valence electrons. The molecule has 2 aliphatic carbocycles. The summed E-state index contributed by atoms with van der Waals surface area (Å²) in [6.07, 6.45) is 12.6. The van der Waals surface area contributed by atoms with Crippen molar-refractivity contribution in [3.8, 4) is 0 Å². The van der Waals surface area contributed by atoms with Gasteiger partial charge in [0, 0.05) is 0 Å². The Labute approximate surface area is 76.1 Å². The molecule has 2 unspecified atom stereocenters. The van der Waals surface area contributed by atoms with Crippen LogP contribution in [0.15, 0.2) is 11.6 Å². The van der Waals surface area contributed by atoms with Crippen LogP contribution in [0, 0.1) is 11.8 Å². The first-order valence-electron chi connectivity index (χ1n) is 5.59. The number of hydrogen-bond donors (Lipinski definition) is 0. The van der Waals surface area contributed by atoms with E-state index in [0.717, 1.165) is 11.8 Å². The van der Waals surface area contributed by atoms with E-state index in [1.807, 2.05) is 5.57 Å². The van der Waals surface area contributed by atoms with Crippen molar-refractivity contribution in [2.24, 2.45) is 11.8 Å². The van der Waals surface area contributed by atoms with Gasteiger partial charge in [-0.2, -0.15) is 0 Å². The van der Waals surface area contributed by atoms with Gasteiger partial charge in [-0.05, 0) is 50.4 Å². The third kappa shape index (κ3) is 1.57. The Hall–Kier alpha value is -0.260. The summed E-state index contributed by atoms with van der Waals surface area (Å²) in [6.45, 7) is 2.34. The van der Waals surface area contributed by atoms with E-state index in [9.17, 15) is 0 Å². The van der Waals surface area contributed by atoms with E-state index in [4.69, 9.17) is 0 Å². The molecule has 2 rings (SSSR count). The molecule has 0 aromatic heterocycles. The standard InChI is InChI=1S/C12H20/c1-2-10-7-8-12(9-10)11-5-3-4-6-11/h5,10,12H,2-4,6-9H2,1H3. The molecule has 0 bridgehead atoms. The van der Waals surface area contributed by atoms with Crippen LogP contribution in [0.1, 0.15) is 51.9 Å². The molecule has 0 radical (unpaired) electrons. The van der Waals surface area contributed by atoms with E-state index in [1.165, 1.54) is 44.9 Å². The first-order chi connectivity index (χ1) is 5.90. The maximum absolute atomic E-state index is 2.52. The molecule has 0 aromatic rings. The lowest BCUT2D eigenvalue weighted by atomic mass is 9.95. The Morgan fingerprint density at radius 3 is 2.92 bits per heavy atom. The number of hydrogen-bond acceptors (Lipinski definition) is 0. The van der Waals surface area contributed by atoms with Gasteiger partial charge in [-0.25, -0.2) is 0 Å². The van der Waals surface area contributed by atoms with Crippen molar-refractivity contribution < 1.29 is 0 Å². The predicted octanol–water partition coefficient (Wildman–Crippen LogP) is 3.92. The number of rotatable bonds is 2. The highest BCUT2D eigenvalue weighted by Crippen LogP contribution is 2.40. The van der Waals surface area contributed by atoms with Crippen LogP contribution < -0.4 is 0 Å². The molecule has 1 saturated carbocycles. The summed E-state index contributed by atoms with van der Waals surface area (Å²) < 4.78 is 0. The summed E-state index contributed by atoms with van der Waals surface area (Å²) in [5.74, 6) is 2.05. The van der Waals surface area contributed by atoms with Crippen molar-refractivity contribution in [1.82, 2.24) is 0 Å². The van der Waals surface area contributed by atoms with Crippen LogP contribution in [-0.2, 0) is 0 Å². The lowest BCUT2D eigenvalue weighted by Crippen LogP contribution is -1.97. The lowest BCUT2D eigenvalue weighted by molar-refractivity contribution is 0.506. The van der Waals surface area contributed by atoms with Crippen molar-refractivity contribution in [2.75, 3.05) is 0 Å². The topological polar surface area (TPSA) is 0 Å². The van der Waals surface area contributed by atoms with Gasteiger partial charge in [0.1, 0.15) is 0 Å². The Balaban J connectivity index is 1.90. The van der Waals surface area contributed by atoms with Crippen molar-refractivity contribution in [3.05, 3.63) is 11.6 Å². The van der Waals surface area contributed by atoms with Crippen LogP contribution in [0.5, 0.6) is 0 Å². The van der Waals surface area contributed by atoms with E-state index >= 15 is 0 Å². The summed E-state index contributed by atoms with van der Waals surface area (Å²) in [6, 6.07) is 0. The van der Waals surface area contributed by atoms with Crippen LogP contribution in [0.2, 0.25) is 0 Å². The smallest absolute Gasteiger partial charge is 0.0201 e. The van der Waals surface area contributed by atoms with Gasteiger partial charge in [-0.3, -0.25) is 0 Å². The molecular weight excluding hydrogens is 144 g/mol. The van der Waals surface area contributed by atoms with E-state index in [2.05, 4.69) is 13.0 Å². The molecule has 0 heterocycles. The molecule has 0 nitrogen and oxygen atoms in total. The molecule has 1 fully saturated rings. The zero-order valence-electron chi connectivity index (χ0n) is 8.18. The SMILES string of the molecule is CCC1CCC(C2=CCCC2)C1. The summed E-state index contributed by atoms with van der Waals surface area (Å²) in [5, 5.41) is 0. The Bertz CT molecular complexity index is 178. The minimum atomic E-state index is 0.998. The van der Waals surface area contributed by atoms with Crippen molar-refractivity contribution in [2.45, 2.75) is 51.9 Å². The van der Waals surface area contributed by atoms with Gasteiger partial charge in [-0.15, -0.1) is 0 Å². The molecule has 0 aromatic carbocycles. The van der Waals surface area contributed by atoms with Crippen molar-refractivity contribution >= 4 is 0 Å². The lowest BCUT2D eigenvalue weighted by Gasteiger charge is -2.11. The van der Waals surface area contributed by atoms with Crippen LogP contribution in [0.4, 0.5) is 0 Å². The molecular formula is C12H20. The third-order valence-corrected chi connectivity index (χ3v) is 3.72. The highest BCUT2D eigenvalue weighted by atomic mass is 14.3. The predicted molar refractivity (Wildman–Crippen MR) is 53.1 cm³/mol. The molecule has 0 amide bonds. The van der Waals surface area contributed by atoms with Gasteiger partial charge in [0.15, 0.2) is 0 Å². The van der Waals surface area contributed by atoms with Gasteiger partial charge < -0.3 is 0 Å². The Morgan fingerprint density at radius 1 is 1.42 bits per heavy atom. The van der Waals surface area contributed by atoms with E-state index in [-0.39, 0.29) is 0 Å². The van der Waals surface area contributed by atoms with E-state index < -0.39 is 0 Å². The molecule has 0 heteroatoms. The van der Waals surface area contributed by atoms with Gasteiger partial charge in [0.25, 0.3) is 0 Å². The fourth-order valence-corrected chi connectivity index (χ4v) is 2.85. The monoisotopic (exact) mass is 164 g/mol. The third-order valence-electron chi connectivity index (χ3n) is 3.72. The second-order valence-corrected chi connectivity index (χ2v) is 4.46. The summed E-state index contributed by atoms with van der Waals surface area (Å²) in [7, 11) is 0. The highest BCUT2D eigenvalue weighted by Gasteiger charge is 2.26. The minimum Gasteiger partial charge on any atom is -0.0850 e. The molecule has 0 saturated heterocycles. The average Bonchev–Trinajstić information content (AvgIpc) is 2.75. The first kappa shape index (κ1) is 8.34. The average molecular weight is 164 g/mol. The fourth-order valence-electron chi connectivity index (χ4n) is 2.85. The summed E-state index contributed by atoms with van der Waals surface area (Å²) >= 11 is 0. The molecule has 12 heavy (non-hydrogen) atoms. The zero-order chi connectivity index (χ0) is 8.39. The number of allylic oxidation sites excluding steroid dienone is 2. The van der Waals surface area contributed by atoms with Gasteiger partial charge >= 0.3 is 0 Å². The first-order valence-corrected chi connectivity index (χ1v) is 5.59. The van der Waals surface area contributed by atoms with Crippen LogP contribution in [0.25, 0.3) is 0 Å². The van der Waals surface area contributed by atoms with E-state index in [1.54, 1.807) is 0 Å². The second kappa shape index (κ2) is 3.64. The van der Waals surface area contributed by atoms with Crippen LogP contribution in [-0.4, -0.2) is 0 Å². The Kier molecular flexibility index (Phi) is 2.53. The maximum atomic E-state index is 2.52. The van der Waals surface area contributed by atoms with E-state index in [0.29, 0.717) is 0 Å². The second-order valence-electron chi connectivity index (χ2n) is 4.46. The molecule has 2 aliphatic rings. The van der Waals surface area contributed by atoms with Crippen LogP contribution in [0.3, 0.4) is 0 Å². The maximum Gasteiger partial charge on any atom is -0.0201 e. The molecule has 0 spiro atoms.